The molecule has 0 saturated heterocycles. The first-order chi connectivity index (χ1) is 10.2. The van der Waals surface area contributed by atoms with Gasteiger partial charge in [0.05, 0.1) is 0 Å². The van der Waals surface area contributed by atoms with E-state index in [0.29, 0.717) is 0 Å². The lowest BCUT2D eigenvalue weighted by Crippen LogP contribution is -2.18. The number of hydrogen-bond acceptors (Lipinski definition) is 3. The van der Waals surface area contributed by atoms with E-state index in [9.17, 15) is 0 Å². The lowest BCUT2D eigenvalue weighted by molar-refractivity contribution is 0.665. The van der Waals surface area contributed by atoms with E-state index in [1.165, 1.54) is 0 Å². The molecule has 3 aromatic rings. The van der Waals surface area contributed by atoms with Crippen LogP contribution in [0.15, 0.2) is 47.1 Å². The van der Waals surface area contributed by atoms with Gasteiger partial charge in [-0.2, -0.15) is 0 Å². The molecule has 0 spiro atoms. The predicted octanol–water partition coefficient (Wildman–Crippen LogP) is 3.48. The second-order valence-electron chi connectivity index (χ2n) is 4.71. The highest BCUT2D eigenvalue weighted by Gasteiger charge is 2.04. The summed E-state index contributed by atoms with van der Waals surface area (Å²) in [7, 11) is 0. The van der Waals surface area contributed by atoms with E-state index in [0.717, 1.165) is 46.0 Å². The maximum Gasteiger partial charge on any atom is 0.160 e. The van der Waals surface area contributed by atoms with Crippen molar-refractivity contribution in [2.45, 2.75) is 13.0 Å². The summed E-state index contributed by atoms with van der Waals surface area (Å²) in [5.74, 6) is 0.961. The van der Waals surface area contributed by atoms with E-state index < -0.39 is 0 Å². The molecule has 0 unspecified atom stereocenters. The minimum atomic E-state index is 0.749. The molecule has 0 amide bonds. The van der Waals surface area contributed by atoms with Crippen molar-refractivity contribution in [3.8, 4) is 0 Å². The molecule has 0 aliphatic carbocycles. The third-order valence-corrected chi connectivity index (χ3v) is 4.24. The Morgan fingerprint density at radius 2 is 2.10 bits per heavy atom. The molecule has 2 heterocycles. The molecule has 21 heavy (non-hydrogen) atoms. The Kier molecular flexibility index (Phi) is 4.53. The number of nitrogens with one attached hydrogen (secondary N) is 1. The van der Waals surface area contributed by atoms with Gasteiger partial charge in [0.25, 0.3) is 0 Å². The minimum Gasteiger partial charge on any atom is -0.312 e. The lowest BCUT2D eigenvalue weighted by atomic mass is 10.2. The molecule has 1 aromatic carbocycles. The van der Waals surface area contributed by atoms with E-state index in [1.54, 1.807) is 0 Å². The van der Waals surface area contributed by atoms with Crippen LogP contribution in [0.1, 0.15) is 11.4 Å². The molecule has 0 atom stereocenters. The van der Waals surface area contributed by atoms with Crippen LogP contribution in [0.25, 0.3) is 5.65 Å². The van der Waals surface area contributed by atoms with E-state index in [-0.39, 0.29) is 0 Å². The summed E-state index contributed by atoms with van der Waals surface area (Å²) < 4.78 is 3.07. The lowest BCUT2D eigenvalue weighted by Gasteiger charge is -2.07. The molecule has 0 fully saturated rings. The van der Waals surface area contributed by atoms with Gasteiger partial charge in [-0.15, -0.1) is 10.2 Å². The summed E-state index contributed by atoms with van der Waals surface area (Å²) in [6.07, 6.45) is 2.81. The standard InChI is InChI=1S/C15H14BrClN4/c16-13-5-4-12(17)9-11(13)10-18-7-6-15-20-19-14-3-1-2-8-21(14)15/h1-5,8-9,18H,6-7,10H2. The van der Waals surface area contributed by atoms with Crippen molar-refractivity contribution in [2.75, 3.05) is 6.54 Å². The van der Waals surface area contributed by atoms with Crippen molar-refractivity contribution in [3.63, 3.8) is 0 Å². The first kappa shape index (κ1) is 14.5. The van der Waals surface area contributed by atoms with Crippen molar-refractivity contribution >= 4 is 33.2 Å². The first-order valence-electron chi connectivity index (χ1n) is 6.67. The van der Waals surface area contributed by atoms with Crippen LogP contribution in [0.2, 0.25) is 5.02 Å². The fourth-order valence-electron chi connectivity index (χ4n) is 2.16. The van der Waals surface area contributed by atoms with Gasteiger partial charge in [0.1, 0.15) is 5.82 Å². The smallest absolute Gasteiger partial charge is 0.160 e. The molecule has 6 heteroatoms. The molecule has 3 rings (SSSR count). The highest BCUT2D eigenvalue weighted by molar-refractivity contribution is 9.10. The normalized spacial score (nSPS) is 11.1. The van der Waals surface area contributed by atoms with Gasteiger partial charge in [-0.25, -0.2) is 0 Å². The van der Waals surface area contributed by atoms with Crippen LogP contribution in [0, 0.1) is 0 Å². The van der Waals surface area contributed by atoms with E-state index in [4.69, 9.17) is 11.6 Å². The van der Waals surface area contributed by atoms with Crippen molar-refractivity contribution in [1.82, 2.24) is 19.9 Å². The van der Waals surface area contributed by atoms with Gasteiger partial charge in [-0.3, -0.25) is 4.40 Å². The number of hydrogen-bond donors (Lipinski definition) is 1. The summed E-state index contributed by atoms with van der Waals surface area (Å²) >= 11 is 9.53. The number of fused-ring (bicyclic) bond motifs is 1. The van der Waals surface area contributed by atoms with Gasteiger partial charge in [-0.05, 0) is 35.9 Å². The van der Waals surface area contributed by atoms with Crippen LogP contribution in [0.5, 0.6) is 0 Å². The quantitative estimate of drug-likeness (QED) is 0.704. The second-order valence-corrected chi connectivity index (χ2v) is 6.00. The average molecular weight is 366 g/mol. The molecule has 2 aromatic heterocycles. The molecule has 4 nitrogen and oxygen atoms in total. The predicted molar refractivity (Wildman–Crippen MR) is 87.5 cm³/mol. The molecule has 0 aliphatic heterocycles. The third kappa shape index (κ3) is 3.43. The van der Waals surface area contributed by atoms with Crippen LogP contribution in [0.4, 0.5) is 0 Å². The van der Waals surface area contributed by atoms with E-state index in [2.05, 4.69) is 31.4 Å². The van der Waals surface area contributed by atoms with Gasteiger partial charge in [0.2, 0.25) is 0 Å². The molecule has 0 radical (unpaired) electrons. The van der Waals surface area contributed by atoms with Gasteiger partial charge in [0.15, 0.2) is 5.65 Å². The molecule has 0 saturated carbocycles. The van der Waals surface area contributed by atoms with Crippen LogP contribution in [0.3, 0.4) is 0 Å². The fraction of sp³-hybridized carbons (Fsp3) is 0.200. The number of nitrogens with zero attached hydrogens (tertiary/aromatic N) is 3. The zero-order valence-corrected chi connectivity index (χ0v) is 13.6. The van der Waals surface area contributed by atoms with Crippen molar-refractivity contribution in [1.29, 1.82) is 0 Å². The molecule has 0 bridgehead atoms. The maximum absolute atomic E-state index is 6.01. The Morgan fingerprint density at radius 1 is 1.19 bits per heavy atom. The number of pyridine rings is 1. The SMILES string of the molecule is Clc1ccc(Br)c(CNCCc2nnc3ccccn23)c1. The minimum absolute atomic E-state index is 0.749. The molecule has 0 aliphatic rings. The monoisotopic (exact) mass is 364 g/mol. The van der Waals surface area contributed by atoms with Gasteiger partial charge in [-0.1, -0.05) is 33.6 Å². The number of benzene rings is 1. The molecular formula is C15H14BrClN4. The largest absolute Gasteiger partial charge is 0.312 e. The van der Waals surface area contributed by atoms with Gasteiger partial charge in [0, 0.05) is 35.2 Å². The highest BCUT2D eigenvalue weighted by atomic mass is 79.9. The molecular weight excluding hydrogens is 352 g/mol. The van der Waals surface area contributed by atoms with Crippen LogP contribution < -0.4 is 5.32 Å². The average Bonchev–Trinajstić information content (AvgIpc) is 2.90. The number of aromatic nitrogens is 3. The Bertz CT molecular complexity index is 756. The Labute approximate surface area is 136 Å². The van der Waals surface area contributed by atoms with Crippen molar-refractivity contribution < 1.29 is 0 Å². The van der Waals surface area contributed by atoms with E-state index in [1.807, 2.05) is 47.0 Å². The Morgan fingerprint density at radius 3 is 3.00 bits per heavy atom. The van der Waals surface area contributed by atoms with Crippen molar-refractivity contribution in [3.05, 3.63) is 63.5 Å². The second kappa shape index (κ2) is 6.56. The number of halogens is 2. The Hall–Kier alpha value is -1.43. The first-order valence-corrected chi connectivity index (χ1v) is 7.84. The summed E-state index contributed by atoms with van der Waals surface area (Å²) in [5.41, 5.74) is 2.03. The maximum atomic E-state index is 6.01. The summed E-state index contributed by atoms with van der Waals surface area (Å²) in [6, 6.07) is 11.7. The third-order valence-electron chi connectivity index (χ3n) is 3.23. The fourth-order valence-corrected chi connectivity index (χ4v) is 2.74. The number of rotatable bonds is 5. The van der Waals surface area contributed by atoms with Crippen molar-refractivity contribution in [2.24, 2.45) is 0 Å². The van der Waals surface area contributed by atoms with Crippen LogP contribution >= 0.6 is 27.5 Å². The zero-order chi connectivity index (χ0) is 14.7. The van der Waals surface area contributed by atoms with E-state index >= 15 is 0 Å². The Balaban J connectivity index is 1.58. The van der Waals surface area contributed by atoms with Gasteiger partial charge < -0.3 is 5.32 Å². The van der Waals surface area contributed by atoms with Gasteiger partial charge >= 0.3 is 0 Å². The summed E-state index contributed by atoms with van der Waals surface area (Å²) in [5, 5.41) is 12.5. The zero-order valence-electron chi connectivity index (χ0n) is 11.3. The topological polar surface area (TPSA) is 42.2 Å². The summed E-state index contributed by atoms with van der Waals surface area (Å²) in [4.78, 5) is 0. The van der Waals surface area contributed by atoms with Crippen LogP contribution in [-0.4, -0.2) is 21.1 Å². The van der Waals surface area contributed by atoms with Crippen LogP contribution in [-0.2, 0) is 13.0 Å². The highest BCUT2D eigenvalue weighted by Crippen LogP contribution is 2.20. The molecule has 1 N–H and O–H groups in total. The molecule has 108 valence electrons. The summed E-state index contributed by atoms with van der Waals surface area (Å²) in [6.45, 7) is 1.59.